The Morgan fingerprint density at radius 2 is 2.07 bits per heavy atom. The van der Waals surface area contributed by atoms with Crippen molar-refractivity contribution in [3.63, 3.8) is 0 Å². The number of benzene rings is 1. The number of nitrogens with zero attached hydrogens (tertiary/aromatic N) is 3. The van der Waals surface area contributed by atoms with Crippen molar-refractivity contribution in [2.45, 2.75) is 44.7 Å². The molecule has 2 heterocycles. The van der Waals surface area contributed by atoms with Gasteiger partial charge in [-0.2, -0.15) is 0 Å². The Balaban J connectivity index is 1.51. The first-order valence-electron chi connectivity index (χ1n) is 10.4. The number of rotatable bonds is 4. The van der Waals surface area contributed by atoms with Crippen LogP contribution in [0.15, 0.2) is 24.3 Å². The molecule has 1 aliphatic carbocycles. The average Bonchev–Trinajstić information content (AvgIpc) is 3.49. The number of nitrogens with two attached hydrogens (primary N) is 1. The van der Waals surface area contributed by atoms with Crippen LogP contribution in [0.1, 0.15) is 49.2 Å². The van der Waals surface area contributed by atoms with E-state index in [0.717, 1.165) is 35.9 Å². The molecule has 1 aromatic heterocycles. The minimum Gasteiger partial charge on any atom is -0.449 e. The van der Waals surface area contributed by atoms with Crippen molar-refractivity contribution in [1.29, 1.82) is 0 Å². The third-order valence-electron chi connectivity index (χ3n) is 5.99. The van der Waals surface area contributed by atoms with Crippen LogP contribution in [0.3, 0.4) is 0 Å². The van der Waals surface area contributed by atoms with Gasteiger partial charge in [0.2, 0.25) is 0 Å². The zero-order chi connectivity index (χ0) is 21.5. The first-order chi connectivity index (χ1) is 14.3. The van der Waals surface area contributed by atoms with E-state index in [0.29, 0.717) is 30.3 Å². The van der Waals surface area contributed by atoms with Crippen molar-refractivity contribution in [3.05, 3.63) is 40.5 Å². The summed E-state index contributed by atoms with van der Waals surface area (Å²) in [5.41, 5.74) is 8.48. The minimum atomic E-state index is -0.596. The number of aromatic nitrogens is 1. The number of carbonyl (C=O) groups is 2. The van der Waals surface area contributed by atoms with Gasteiger partial charge in [-0.25, -0.2) is 4.79 Å². The van der Waals surface area contributed by atoms with Gasteiger partial charge in [0.15, 0.2) is 0 Å². The Morgan fingerprint density at radius 1 is 1.30 bits per heavy atom. The zero-order valence-corrected chi connectivity index (χ0v) is 18.1. The van der Waals surface area contributed by atoms with E-state index in [-0.39, 0.29) is 17.9 Å². The molecule has 0 bridgehead atoms. The molecule has 7 nitrogen and oxygen atoms in total. The number of hydrogen-bond donors (Lipinski definition) is 1. The molecule has 2 fully saturated rings. The number of pyridine rings is 1. The Kier molecular flexibility index (Phi) is 5.59. The fraction of sp³-hybridized carbons (Fsp3) is 0.500. The molecule has 160 valence electrons. The first kappa shape index (κ1) is 20.9. The van der Waals surface area contributed by atoms with Crippen LogP contribution in [0.5, 0.6) is 0 Å². The molecule has 0 unspecified atom stereocenters. The number of piperazine rings is 1. The maximum Gasteiger partial charge on any atom is 0.411 e. The number of carbonyl (C=O) groups excluding carboxylic acids is 2. The predicted molar refractivity (Wildman–Crippen MR) is 116 cm³/mol. The van der Waals surface area contributed by atoms with E-state index in [9.17, 15) is 9.59 Å². The van der Waals surface area contributed by atoms with E-state index in [4.69, 9.17) is 27.1 Å². The molecule has 1 aliphatic heterocycles. The topological polar surface area (TPSA) is 88.8 Å². The van der Waals surface area contributed by atoms with Gasteiger partial charge in [-0.15, -0.1) is 0 Å². The number of fused-ring (bicyclic) bond motifs is 1. The summed E-state index contributed by atoms with van der Waals surface area (Å²) in [6.45, 7) is 5.47. The van der Waals surface area contributed by atoms with Crippen molar-refractivity contribution in [2.75, 3.05) is 26.2 Å². The van der Waals surface area contributed by atoms with Crippen LogP contribution in [0.2, 0.25) is 5.02 Å². The van der Waals surface area contributed by atoms with Crippen molar-refractivity contribution in [1.82, 2.24) is 14.8 Å². The molecule has 30 heavy (non-hydrogen) atoms. The molecule has 2 N–H and O–H groups in total. The van der Waals surface area contributed by atoms with E-state index in [2.05, 4.69) is 6.92 Å². The van der Waals surface area contributed by atoms with Gasteiger partial charge in [-0.3, -0.25) is 14.7 Å². The van der Waals surface area contributed by atoms with Crippen molar-refractivity contribution >= 4 is 34.5 Å². The maximum atomic E-state index is 13.1. The van der Waals surface area contributed by atoms with Crippen LogP contribution in [0.25, 0.3) is 10.9 Å². The highest BCUT2D eigenvalue weighted by atomic mass is 35.5. The quantitative estimate of drug-likeness (QED) is 0.801. The van der Waals surface area contributed by atoms with Gasteiger partial charge in [-0.05, 0) is 37.5 Å². The highest BCUT2D eigenvalue weighted by Gasteiger charge is 2.41. The normalized spacial score (nSPS) is 20.3. The highest BCUT2D eigenvalue weighted by Crippen LogP contribution is 2.47. The third-order valence-corrected chi connectivity index (χ3v) is 6.31. The molecule has 8 heteroatoms. The van der Waals surface area contributed by atoms with E-state index in [1.54, 1.807) is 17.0 Å². The Morgan fingerprint density at radius 3 is 2.73 bits per heavy atom. The van der Waals surface area contributed by atoms with E-state index in [1.807, 2.05) is 19.1 Å². The number of hydrogen-bond acceptors (Lipinski definition) is 5. The van der Waals surface area contributed by atoms with Crippen LogP contribution in [0, 0.1) is 0 Å². The van der Waals surface area contributed by atoms with Gasteiger partial charge < -0.3 is 15.4 Å². The SMILES string of the molecule is CCCOC(=O)N1CCN(C(=O)c2ccc3c(Cl)cc(C4(C)CC4)nc3c2)C[C@H]1N. The Hall–Kier alpha value is -2.38. The van der Waals surface area contributed by atoms with Gasteiger partial charge >= 0.3 is 6.09 Å². The Labute approximate surface area is 181 Å². The molecular formula is C22H27ClN4O3. The molecule has 1 saturated heterocycles. The second-order valence-electron chi connectivity index (χ2n) is 8.41. The van der Waals surface area contributed by atoms with Crippen LogP contribution in [-0.2, 0) is 10.2 Å². The lowest BCUT2D eigenvalue weighted by molar-refractivity contribution is 0.0390. The average molecular weight is 431 g/mol. The summed E-state index contributed by atoms with van der Waals surface area (Å²) in [5.74, 6) is -0.130. The zero-order valence-electron chi connectivity index (χ0n) is 17.4. The van der Waals surface area contributed by atoms with Crippen molar-refractivity contribution < 1.29 is 14.3 Å². The molecule has 1 atom stereocenters. The molecule has 1 saturated carbocycles. The molecule has 0 spiro atoms. The lowest BCUT2D eigenvalue weighted by Gasteiger charge is -2.38. The van der Waals surface area contributed by atoms with Crippen molar-refractivity contribution in [3.8, 4) is 0 Å². The van der Waals surface area contributed by atoms with Gasteiger partial charge in [0.25, 0.3) is 5.91 Å². The lowest BCUT2D eigenvalue weighted by Crippen LogP contribution is -2.60. The maximum absolute atomic E-state index is 13.1. The summed E-state index contributed by atoms with van der Waals surface area (Å²) in [5, 5.41) is 1.49. The molecule has 2 aromatic rings. The molecular weight excluding hydrogens is 404 g/mol. The minimum absolute atomic E-state index is 0.0906. The fourth-order valence-electron chi connectivity index (χ4n) is 3.75. The smallest absolute Gasteiger partial charge is 0.411 e. The standard InChI is InChI=1S/C22H27ClN4O3/c1-3-10-30-21(29)27-9-8-26(13-19(27)24)20(28)14-4-5-15-16(23)12-18(22(2)6-7-22)25-17(15)11-14/h4-5,11-12,19H,3,6-10,13,24H2,1-2H3/t19-/m0/s1. The summed E-state index contributed by atoms with van der Waals surface area (Å²) in [4.78, 5) is 33.1. The van der Waals surface area contributed by atoms with Gasteiger partial charge in [-0.1, -0.05) is 31.5 Å². The van der Waals surface area contributed by atoms with Crippen molar-refractivity contribution in [2.24, 2.45) is 5.73 Å². The lowest BCUT2D eigenvalue weighted by atomic mass is 10.0. The van der Waals surface area contributed by atoms with Gasteiger partial charge in [0, 0.05) is 35.1 Å². The second kappa shape index (κ2) is 8.04. The second-order valence-corrected chi connectivity index (χ2v) is 8.82. The summed E-state index contributed by atoms with van der Waals surface area (Å²) in [6.07, 6.45) is 1.93. The summed E-state index contributed by atoms with van der Waals surface area (Å²) in [7, 11) is 0. The Bertz CT molecular complexity index is 992. The summed E-state index contributed by atoms with van der Waals surface area (Å²) >= 11 is 6.48. The van der Waals surface area contributed by atoms with Crippen LogP contribution < -0.4 is 5.73 Å². The van der Waals surface area contributed by atoms with E-state index < -0.39 is 12.3 Å². The molecule has 2 amide bonds. The first-order valence-corrected chi connectivity index (χ1v) is 10.8. The largest absolute Gasteiger partial charge is 0.449 e. The highest BCUT2D eigenvalue weighted by molar-refractivity contribution is 6.35. The third kappa shape index (κ3) is 3.96. The summed E-state index contributed by atoms with van der Waals surface area (Å²) in [6, 6.07) is 7.35. The fourth-order valence-corrected chi connectivity index (χ4v) is 4.01. The molecule has 1 aromatic carbocycles. The molecule has 2 aliphatic rings. The number of halogens is 1. The summed E-state index contributed by atoms with van der Waals surface area (Å²) < 4.78 is 5.17. The molecule has 4 rings (SSSR count). The van der Waals surface area contributed by atoms with E-state index in [1.165, 1.54) is 4.90 Å². The van der Waals surface area contributed by atoms with Gasteiger partial charge in [0.05, 0.1) is 23.7 Å². The number of amides is 2. The van der Waals surface area contributed by atoms with E-state index >= 15 is 0 Å². The van der Waals surface area contributed by atoms with Crippen LogP contribution in [-0.4, -0.2) is 59.2 Å². The molecule has 0 radical (unpaired) electrons. The van der Waals surface area contributed by atoms with Gasteiger partial charge in [0.1, 0.15) is 6.17 Å². The van der Waals surface area contributed by atoms with Crippen LogP contribution >= 0.6 is 11.6 Å². The number of ether oxygens (including phenoxy) is 1. The monoisotopic (exact) mass is 430 g/mol. The predicted octanol–water partition coefficient (Wildman–Crippen LogP) is 3.53. The van der Waals surface area contributed by atoms with Crippen LogP contribution in [0.4, 0.5) is 4.79 Å².